The van der Waals surface area contributed by atoms with E-state index in [2.05, 4.69) is 20.9 Å². The molecule has 0 bridgehead atoms. The lowest BCUT2D eigenvalue weighted by Crippen LogP contribution is -2.55. The molecule has 1 saturated carbocycles. The molecular weight excluding hydrogens is 980 g/mol. The number of likely N-dealkylation sites (tertiary alicyclic amines) is 1. The number of carbonyl (C=O) groups excluding carboxylic acids is 4. The number of aromatic hydroxyl groups is 1. The average Bonchev–Trinajstić information content (AvgIpc) is 4.10. The summed E-state index contributed by atoms with van der Waals surface area (Å²) in [6, 6.07) is 14.6. The fourth-order valence-corrected chi connectivity index (χ4v) is 11.4. The second-order valence-corrected chi connectivity index (χ2v) is 20.0. The van der Waals surface area contributed by atoms with Crippen LogP contribution in [-0.2, 0) is 14.4 Å². The second kappa shape index (κ2) is 22.1. The number of fused-ring (bicyclic) bond motifs is 2. The molecule has 73 heavy (non-hydrogen) atoms. The molecule has 9 rings (SSSR count). The van der Waals surface area contributed by atoms with Crippen LogP contribution in [0, 0.1) is 17.6 Å². The highest BCUT2D eigenvalue weighted by molar-refractivity contribution is 7.10. The van der Waals surface area contributed by atoms with Gasteiger partial charge in [0.15, 0.2) is 11.6 Å². The standard InChI is InChI=1S/C52H58ClF2N11O6S/c1-29(57-2)48(69)60-45(30-11-5-4-6-12-30)50(70)66-22-10-16-38(66)49-59-37(28-73-49)32-18-19-40(33-14-8-7-13-31(32)33)72-63(3)41(68)20-21-58-52-61-46-34(47(62-52)64-23-25-65(26-24-64)51(56)71)27-35(53)42(44(46)55)43-36(54)15-9-17-39(43)67/h7-9,13-15,17-19,27-30,38,45,57,67H,4-6,10-12,16,20-26H2,1-3H3,(H2,56,71)(H,60,69)(H,58,61,62)/t29-,38-,45?/m0/s1. The van der Waals surface area contributed by atoms with Gasteiger partial charge in [0.2, 0.25) is 17.8 Å². The predicted octanol–water partition coefficient (Wildman–Crippen LogP) is 8.00. The summed E-state index contributed by atoms with van der Waals surface area (Å²) in [5, 5.41) is 25.3. The molecule has 4 heterocycles. The Morgan fingerprint density at radius 1 is 0.918 bits per heavy atom. The first-order valence-corrected chi connectivity index (χ1v) is 25.9. The van der Waals surface area contributed by atoms with Gasteiger partial charge in [0.1, 0.15) is 34.0 Å². The van der Waals surface area contributed by atoms with Gasteiger partial charge in [0.05, 0.1) is 28.4 Å². The quantitative estimate of drug-likeness (QED) is 0.0620. The van der Waals surface area contributed by atoms with Crippen LogP contribution in [0.4, 0.5) is 25.3 Å². The summed E-state index contributed by atoms with van der Waals surface area (Å²) in [4.78, 5) is 78.7. The molecule has 1 aliphatic carbocycles. The summed E-state index contributed by atoms with van der Waals surface area (Å²) >= 11 is 8.11. The van der Waals surface area contributed by atoms with Gasteiger partial charge in [-0.25, -0.2) is 23.5 Å². The minimum absolute atomic E-state index is 0.00435. The Balaban J connectivity index is 0.902. The number of benzene rings is 4. The predicted molar refractivity (Wildman–Crippen MR) is 277 cm³/mol. The number of urea groups is 1. The largest absolute Gasteiger partial charge is 0.507 e. The van der Waals surface area contributed by atoms with Crippen LogP contribution in [-0.4, -0.2) is 124 Å². The highest BCUT2D eigenvalue weighted by Crippen LogP contribution is 2.44. The van der Waals surface area contributed by atoms with Crippen LogP contribution in [0.1, 0.15) is 69.3 Å². The first-order valence-electron chi connectivity index (χ1n) is 24.6. The van der Waals surface area contributed by atoms with E-state index in [0.29, 0.717) is 25.4 Å². The van der Waals surface area contributed by atoms with Gasteiger partial charge >= 0.3 is 6.03 Å². The van der Waals surface area contributed by atoms with Crippen molar-refractivity contribution in [2.75, 3.05) is 63.6 Å². The number of halogens is 3. The number of hydroxylamine groups is 2. The van der Waals surface area contributed by atoms with Crippen LogP contribution < -0.4 is 31.4 Å². The number of thiazole rings is 1. The number of nitrogens with one attached hydrogen (secondary N) is 3. The maximum absolute atomic E-state index is 16.6. The lowest BCUT2D eigenvalue weighted by atomic mass is 9.83. The first-order chi connectivity index (χ1) is 35.2. The monoisotopic (exact) mass is 1040 g/mol. The van der Waals surface area contributed by atoms with Gasteiger partial charge in [-0.1, -0.05) is 61.2 Å². The number of phenols is 1. The second-order valence-electron chi connectivity index (χ2n) is 18.7. The average molecular weight is 1040 g/mol. The molecule has 384 valence electrons. The van der Waals surface area contributed by atoms with Gasteiger partial charge in [-0.05, 0) is 81.3 Å². The Morgan fingerprint density at radius 2 is 1.67 bits per heavy atom. The molecule has 0 spiro atoms. The fourth-order valence-electron chi connectivity index (χ4n) is 10.1. The van der Waals surface area contributed by atoms with Crippen molar-refractivity contribution in [2.45, 2.75) is 76.4 Å². The summed E-state index contributed by atoms with van der Waals surface area (Å²) in [6.07, 6.45) is 6.52. The highest BCUT2D eigenvalue weighted by Gasteiger charge is 2.40. The Labute approximate surface area is 430 Å². The van der Waals surface area contributed by atoms with Crippen LogP contribution >= 0.6 is 22.9 Å². The third-order valence-corrected chi connectivity index (χ3v) is 15.5. The SMILES string of the molecule is CN[C@@H](C)C(=O)NC(C(=O)N1CCC[C@H]1c1nc(-c2ccc(ON(C)C(=O)CCNc3nc(N4CCN(C(N)=O)CC4)c4cc(Cl)c(-c5c(O)cccc5F)c(F)c4n3)c3ccccc23)cs1)C1CCCCC1. The number of hydrogen-bond acceptors (Lipinski definition) is 13. The molecule has 21 heteroatoms. The molecule has 5 amide bonds. The molecule has 3 fully saturated rings. The molecule has 4 aromatic carbocycles. The van der Waals surface area contributed by atoms with Crippen LogP contribution in [0.2, 0.25) is 5.02 Å². The van der Waals surface area contributed by atoms with Gasteiger partial charge in [-0.3, -0.25) is 14.4 Å². The Hall–Kier alpha value is -6.90. The van der Waals surface area contributed by atoms with E-state index in [1.165, 1.54) is 41.5 Å². The van der Waals surface area contributed by atoms with E-state index < -0.39 is 47.0 Å². The summed E-state index contributed by atoms with van der Waals surface area (Å²) in [5.41, 5.74) is 6.11. The molecular formula is C52H58ClF2N11O6S. The van der Waals surface area contributed by atoms with E-state index in [4.69, 9.17) is 32.1 Å². The van der Waals surface area contributed by atoms with Gasteiger partial charge in [-0.15, -0.1) is 11.3 Å². The van der Waals surface area contributed by atoms with Crippen LogP contribution in [0.25, 0.3) is 44.1 Å². The first kappa shape index (κ1) is 51.0. The zero-order valence-electron chi connectivity index (χ0n) is 40.8. The van der Waals surface area contributed by atoms with Gasteiger partial charge in [-0.2, -0.15) is 10.0 Å². The smallest absolute Gasteiger partial charge is 0.314 e. The number of likely N-dealkylation sites (N-methyl/N-ethyl adjacent to an activating group) is 1. The number of phenolic OH excluding ortho intramolecular Hbond substituents is 1. The maximum atomic E-state index is 16.6. The number of aromatic nitrogens is 3. The van der Waals surface area contributed by atoms with E-state index >= 15 is 8.78 Å². The van der Waals surface area contributed by atoms with E-state index in [0.717, 1.165) is 83.1 Å². The number of rotatable bonds is 15. The lowest BCUT2D eigenvalue weighted by molar-refractivity contribution is -0.152. The molecule has 2 aliphatic heterocycles. The molecule has 3 atom stereocenters. The molecule has 6 N–H and O–H groups in total. The third kappa shape index (κ3) is 10.6. The molecule has 2 saturated heterocycles. The zero-order valence-corrected chi connectivity index (χ0v) is 42.4. The van der Waals surface area contributed by atoms with Gasteiger partial charge in [0.25, 0.3) is 5.91 Å². The van der Waals surface area contributed by atoms with Gasteiger partial charge in [0, 0.05) is 80.0 Å². The van der Waals surface area contributed by atoms with Crippen molar-refractivity contribution < 1.29 is 37.9 Å². The van der Waals surface area contributed by atoms with Crippen molar-refractivity contribution in [2.24, 2.45) is 11.7 Å². The number of primary amides is 1. The number of nitrogens with zero attached hydrogens (tertiary/aromatic N) is 7. The summed E-state index contributed by atoms with van der Waals surface area (Å²) < 4.78 is 31.7. The summed E-state index contributed by atoms with van der Waals surface area (Å²) in [7, 11) is 3.24. The summed E-state index contributed by atoms with van der Waals surface area (Å²) in [5.74, 6) is -2.26. The Morgan fingerprint density at radius 3 is 2.40 bits per heavy atom. The van der Waals surface area contributed by atoms with Crippen molar-refractivity contribution >= 4 is 80.1 Å². The van der Waals surface area contributed by atoms with Crippen LogP contribution in [0.5, 0.6) is 11.5 Å². The lowest BCUT2D eigenvalue weighted by Gasteiger charge is -2.35. The molecule has 17 nitrogen and oxygen atoms in total. The molecule has 1 unspecified atom stereocenters. The van der Waals surface area contributed by atoms with Crippen LogP contribution in [0.15, 0.2) is 66.0 Å². The van der Waals surface area contributed by atoms with E-state index in [9.17, 15) is 24.3 Å². The number of nitrogens with two attached hydrogens (primary N) is 1. The Bertz CT molecular complexity index is 3040. The normalized spacial score (nSPS) is 17.2. The van der Waals surface area contributed by atoms with Gasteiger partial charge < -0.3 is 46.3 Å². The minimum Gasteiger partial charge on any atom is -0.507 e. The molecule has 0 radical (unpaired) electrons. The third-order valence-electron chi connectivity index (χ3n) is 14.2. The maximum Gasteiger partial charge on any atom is 0.314 e. The number of carbonyl (C=O) groups is 4. The summed E-state index contributed by atoms with van der Waals surface area (Å²) in [6.45, 7) is 3.53. The highest BCUT2D eigenvalue weighted by atomic mass is 35.5. The number of piperazine rings is 1. The van der Waals surface area contributed by atoms with Crippen molar-refractivity contribution in [1.82, 2.24) is 40.4 Å². The zero-order chi connectivity index (χ0) is 51.5. The number of amides is 5. The van der Waals surface area contributed by atoms with Crippen LogP contribution in [0.3, 0.4) is 0 Å². The van der Waals surface area contributed by atoms with E-state index in [1.54, 1.807) is 20.0 Å². The number of anilines is 2. The van der Waals surface area contributed by atoms with Crippen molar-refractivity contribution in [3.05, 3.63) is 87.7 Å². The minimum atomic E-state index is -0.989. The topological polar surface area (TPSA) is 211 Å². The Kier molecular flexibility index (Phi) is 15.4. The van der Waals surface area contributed by atoms with Crippen molar-refractivity contribution in [3.63, 3.8) is 0 Å². The van der Waals surface area contributed by atoms with E-state index in [1.807, 2.05) is 45.5 Å². The molecule has 3 aliphatic rings. The molecule has 2 aromatic heterocycles. The molecule has 6 aromatic rings. The van der Waals surface area contributed by atoms with Crippen molar-refractivity contribution in [3.8, 4) is 33.9 Å². The van der Waals surface area contributed by atoms with E-state index in [-0.39, 0.29) is 83.1 Å². The number of hydrogen-bond donors (Lipinski definition) is 5. The fraction of sp³-hybridized carbons (Fsp3) is 0.404. The van der Waals surface area contributed by atoms with Crippen molar-refractivity contribution in [1.29, 1.82) is 0 Å².